The van der Waals surface area contributed by atoms with Crippen molar-refractivity contribution in [3.05, 3.63) is 11.8 Å². The van der Waals surface area contributed by atoms with Gasteiger partial charge >= 0.3 is 6.09 Å². The SMILES string of the molecule is C/C=C(/C)OC(=O)NC. The van der Waals surface area contributed by atoms with Gasteiger partial charge in [0, 0.05) is 7.05 Å². The molecule has 1 amide bonds. The molecular formula is C6H11NO2. The van der Waals surface area contributed by atoms with E-state index < -0.39 is 6.09 Å². The Morgan fingerprint density at radius 2 is 2.22 bits per heavy atom. The summed E-state index contributed by atoms with van der Waals surface area (Å²) in [6.07, 6.45) is 1.29. The molecule has 3 nitrogen and oxygen atoms in total. The van der Waals surface area contributed by atoms with Gasteiger partial charge in [0.15, 0.2) is 0 Å². The van der Waals surface area contributed by atoms with Gasteiger partial charge in [-0.1, -0.05) is 0 Å². The lowest BCUT2D eigenvalue weighted by atomic mass is 10.5. The minimum atomic E-state index is -0.425. The van der Waals surface area contributed by atoms with E-state index in [-0.39, 0.29) is 0 Å². The Morgan fingerprint density at radius 3 is 2.56 bits per heavy atom. The van der Waals surface area contributed by atoms with Crippen molar-refractivity contribution in [2.24, 2.45) is 0 Å². The first-order valence-electron chi connectivity index (χ1n) is 2.73. The lowest BCUT2D eigenvalue weighted by Gasteiger charge is -2.00. The van der Waals surface area contributed by atoms with E-state index in [4.69, 9.17) is 0 Å². The Hall–Kier alpha value is -0.990. The molecule has 0 rings (SSSR count). The van der Waals surface area contributed by atoms with Gasteiger partial charge in [0.25, 0.3) is 0 Å². The fourth-order valence-corrected chi connectivity index (χ4v) is 0.256. The average molecular weight is 129 g/mol. The van der Waals surface area contributed by atoms with Crippen molar-refractivity contribution in [3.8, 4) is 0 Å². The number of rotatable bonds is 1. The summed E-state index contributed by atoms with van der Waals surface area (Å²) in [4.78, 5) is 10.4. The van der Waals surface area contributed by atoms with Gasteiger partial charge in [-0.15, -0.1) is 0 Å². The van der Waals surface area contributed by atoms with Gasteiger partial charge in [-0.2, -0.15) is 0 Å². The molecule has 0 unspecified atom stereocenters. The van der Waals surface area contributed by atoms with Crippen molar-refractivity contribution in [3.63, 3.8) is 0 Å². The molecule has 0 aliphatic carbocycles. The molecule has 0 radical (unpaired) electrons. The van der Waals surface area contributed by atoms with Crippen LogP contribution in [0.2, 0.25) is 0 Å². The van der Waals surface area contributed by atoms with E-state index in [1.807, 2.05) is 0 Å². The number of allylic oxidation sites excluding steroid dienone is 2. The van der Waals surface area contributed by atoms with Crippen molar-refractivity contribution in [2.45, 2.75) is 13.8 Å². The van der Waals surface area contributed by atoms with E-state index in [2.05, 4.69) is 10.1 Å². The lowest BCUT2D eigenvalue weighted by molar-refractivity contribution is 0.178. The van der Waals surface area contributed by atoms with E-state index >= 15 is 0 Å². The largest absolute Gasteiger partial charge is 0.416 e. The van der Waals surface area contributed by atoms with Crippen LogP contribution >= 0.6 is 0 Å². The van der Waals surface area contributed by atoms with Crippen molar-refractivity contribution in [1.82, 2.24) is 5.32 Å². The molecule has 0 fully saturated rings. The first kappa shape index (κ1) is 8.01. The van der Waals surface area contributed by atoms with Crippen LogP contribution in [-0.4, -0.2) is 13.1 Å². The fraction of sp³-hybridized carbons (Fsp3) is 0.500. The highest BCUT2D eigenvalue weighted by molar-refractivity contribution is 5.67. The molecule has 0 aliphatic rings. The summed E-state index contributed by atoms with van der Waals surface area (Å²) >= 11 is 0. The third kappa shape index (κ3) is 3.58. The third-order valence-corrected chi connectivity index (χ3v) is 0.864. The maximum Gasteiger partial charge on any atom is 0.411 e. The minimum Gasteiger partial charge on any atom is -0.416 e. The summed E-state index contributed by atoms with van der Waals surface area (Å²) in [5.41, 5.74) is 0. The molecule has 1 N–H and O–H groups in total. The smallest absolute Gasteiger partial charge is 0.411 e. The predicted octanol–water partition coefficient (Wildman–Crippen LogP) is 1.27. The Balaban J connectivity index is 3.60. The van der Waals surface area contributed by atoms with Crippen molar-refractivity contribution in [1.29, 1.82) is 0 Å². The second-order valence-electron chi connectivity index (χ2n) is 1.54. The summed E-state index contributed by atoms with van der Waals surface area (Å²) in [6, 6.07) is 0. The molecule has 0 aromatic rings. The highest BCUT2D eigenvalue weighted by Gasteiger charge is 1.95. The molecular weight excluding hydrogens is 118 g/mol. The lowest BCUT2D eigenvalue weighted by Crippen LogP contribution is -2.18. The number of alkyl carbamates (subject to hydrolysis) is 1. The molecule has 3 heteroatoms. The monoisotopic (exact) mass is 129 g/mol. The van der Waals surface area contributed by atoms with E-state index in [0.29, 0.717) is 5.76 Å². The van der Waals surface area contributed by atoms with Crippen LogP contribution in [0.1, 0.15) is 13.8 Å². The van der Waals surface area contributed by atoms with Crippen LogP contribution in [0.25, 0.3) is 0 Å². The normalized spacial score (nSPS) is 10.8. The summed E-state index contributed by atoms with van der Waals surface area (Å²) in [6.45, 7) is 3.52. The summed E-state index contributed by atoms with van der Waals surface area (Å²) in [5, 5.41) is 2.33. The van der Waals surface area contributed by atoms with Gasteiger partial charge in [0.05, 0.1) is 0 Å². The second-order valence-corrected chi connectivity index (χ2v) is 1.54. The van der Waals surface area contributed by atoms with E-state index in [1.165, 1.54) is 7.05 Å². The van der Waals surface area contributed by atoms with E-state index in [0.717, 1.165) is 0 Å². The number of carbonyl (C=O) groups is 1. The fourth-order valence-electron chi connectivity index (χ4n) is 0.256. The number of ether oxygens (including phenoxy) is 1. The summed E-state index contributed by atoms with van der Waals surface area (Å²) < 4.78 is 4.66. The van der Waals surface area contributed by atoms with Gasteiger partial charge in [-0.3, -0.25) is 0 Å². The van der Waals surface area contributed by atoms with Crippen molar-refractivity contribution in [2.75, 3.05) is 7.05 Å². The number of nitrogens with one attached hydrogen (secondary N) is 1. The second kappa shape index (κ2) is 3.95. The van der Waals surface area contributed by atoms with E-state index in [1.54, 1.807) is 19.9 Å². The standard InChI is InChI=1S/C6H11NO2/c1-4-5(2)9-6(8)7-3/h4H,1-3H3,(H,7,8)/b5-4-. The third-order valence-electron chi connectivity index (χ3n) is 0.864. The van der Waals surface area contributed by atoms with Gasteiger partial charge in [-0.25, -0.2) is 4.79 Å². The Morgan fingerprint density at radius 1 is 1.67 bits per heavy atom. The Bertz CT molecular complexity index is 129. The topological polar surface area (TPSA) is 38.3 Å². The first-order valence-corrected chi connectivity index (χ1v) is 2.73. The Labute approximate surface area is 54.7 Å². The molecule has 0 spiro atoms. The summed E-state index contributed by atoms with van der Waals surface area (Å²) in [5.74, 6) is 0.606. The number of hydrogen-bond donors (Lipinski definition) is 1. The minimum absolute atomic E-state index is 0.425. The van der Waals surface area contributed by atoms with Gasteiger partial charge in [-0.05, 0) is 19.9 Å². The predicted molar refractivity (Wildman–Crippen MR) is 35.0 cm³/mol. The molecule has 0 saturated heterocycles. The molecule has 0 aromatic carbocycles. The maximum absolute atomic E-state index is 10.4. The zero-order chi connectivity index (χ0) is 7.28. The first-order chi connectivity index (χ1) is 4.20. The van der Waals surface area contributed by atoms with Crippen LogP contribution in [0.5, 0.6) is 0 Å². The highest BCUT2D eigenvalue weighted by Crippen LogP contribution is 1.93. The van der Waals surface area contributed by atoms with Gasteiger partial charge < -0.3 is 10.1 Å². The zero-order valence-electron chi connectivity index (χ0n) is 5.89. The highest BCUT2D eigenvalue weighted by atomic mass is 16.6. The van der Waals surface area contributed by atoms with Gasteiger partial charge in [0.2, 0.25) is 0 Å². The quantitative estimate of drug-likeness (QED) is 0.541. The van der Waals surface area contributed by atoms with Crippen LogP contribution in [0, 0.1) is 0 Å². The van der Waals surface area contributed by atoms with Crippen LogP contribution in [-0.2, 0) is 4.74 Å². The molecule has 0 heterocycles. The van der Waals surface area contributed by atoms with E-state index in [9.17, 15) is 4.79 Å². The average Bonchev–Trinajstić information content (AvgIpc) is 1.87. The summed E-state index contributed by atoms with van der Waals surface area (Å²) in [7, 11) is 1.52. The molecule has 0 bridgehead atoms. The zero-order valence-corrected chi connectivity index (χ0v) is 5.89. The van der Waals surface area contributed by atoms with Crippen LogP contribution < -0.4 is 5.32 Å². The van der Waals surface area contributed by atoms with Crippen LogP contribution in [0.3, 0.4) is 0 Å². The van der Waals surface area contributed by atoms with Gasteiger partial charge in [0.1, 0.15) is 5.76 Å². The number of carbonyl (C=O) groups excluding carboxylic acids is 1. The molecule has 0 atom stereocenters. The number of amides is 1. The van der Waals surface area contributed by atoms with Crippen molar-refractivity contribution >= 4 is 6.09 Å². The molecule has 0 saturated carbocycles. The Kier molecular flexibility index (Phi) is 3.51. The maximum atomic E-state index is 10.4. The van der Waals surface area contributed by atoms with Crippen LogP contribution in [0.4, 0.5) is 4.79 Å². The van der Waals surface area contributed by atoms with Crippen LogP contribution in [0.15, 0.2) is 11.8 Å². The molecule has 9 heavy (non-hydrogen) atoms. The number of hydrogen-bond acceptors (Lipinski definition) is 2. The molecule has 0 aromatic heterocycles. The van der Waals surface area contributed by atoms with Crippen molar-refractivity contribution < 1.29 is 9.53 Å². The molecule has 52 valence electrons. The molecule has 0 aliphatic heterocycles.